The van der Waals surface area contributed by atoms with E-state index in [1.165, 1.54) is 37.9 Å². The van der Waals surface area contributed by atoms with Gasteiger partial charge < -0.3 is 4.43 Å². The van der Waals surface area contributed by atoms with Crippen molar-refractivity contribution in [3.63, 3.8) is 0 Å². The van der Waals surface area contributed by atoms with Crippen molar-refractivity contribution in [2.24, 2.45) is 0 Å². The molecular formula is C20H20OSi. The zero-order chi connectivity index (χ0) is 15.3. The number of hydrogen-bond donors (Lipinski definition) is 0. The summed E-state index contributed by atoms with van der Waals surface area (Å²) >= 11 is 0. The largest absolute Gasteiger partial charge is 0.413 e. The Morgan fingerprint density at radius 3 is 2.00 bits per heavy atom. The molecule has 0 N–H and O–H groups in total. The van der Waals surface area contributed by atoms with Gasteiger partial charge in [-0.05, 0) is 57.5 Å². The SMILES string of the molecule is C[Si](C)(C)OCc1ccc2ccc3cccc4ccc1c2c34. The summed E-state index contributed by atoms with van der Waals surface area (Å²) in [5, 5.41) is 8.05. The molecule has 0 aliphatic carbocycles. The summed E-state index contributed by atoms with van der Waals surface area (Å²) in [7, 11) is -1.51. The molecule has 0 atom stereocenters. The van der Waals surface area contributed by atoms with Gasteiger partial charge in [-0.1, -0.05) is 54.6 Å². The van der Waals surface area contributed by atoms with Crippen LogP contribution in [0.2, 0.25) is 19.6 Å². The van der Waals surface area contributed by atoms with Crippen molar-refractivity contribution in [3.05, 3.63) is 60.2 Å². The maximum atomic E-state index is 6.14. The molecule has 0 spiro atoms. The van der Waals surface area contributed by atoms with E-state index in [4.69, 9.17) is 4.43 Å². The lowest BCUT2D eigenvalue weighted by molar-refractivity contribution is 0.301. The monoisotopic (exact) mass is 304 g/mol. The molecule has 2 heteroatoms. The van der Waals surface area contributed by atoms with Crippen molar-refractivity contribution in [3.8, 4) is 0 Å². The van der Waals surface area contributed by atoms with Crippen molar-refractivity contribution in [1.82, 2.24) is 0 Å². The van der Waals surface area contributed by atoms with Crippen molar-refractivity contribution in [1.29, 1.82) is 0 Å². The zero-order valence-electron chi connectivity index (χ0n) is 13.3. The van der Waals surface area contributed by atoms with Gasteiger partial charge in [-0.15, -0.1) is 0 Å². The molecular weight excluding hydrogens is 284 g/mol. The molecule has 0 bridgehead atoms. The maximum Gasteiger partial charge on any atom is 0.184 e. The fourth-order valence-electron chi connectivity index (χ4n) is 3.22. The molecule has 0 saturated heterocycles. The second kappa shape index (κ2) is 4.80. The summed E-state index contributed by atoms with van der Waals surface area (Å²) in [6.45, 7) is 7.43. The van der Waals surface area contributed by atoms with Crippen LogP contribution in [-0.4, -0.2) is 8.32 Å². The van der Waals surface area contributed by atoms with Crippen LogP contribution in [-0.2, 0) is 11.0 Å². The van der Waals surface area contributed by atoms with Gasteiger partial charge in [0.2, 0.25) is 0 Å². The molecule has 0 saturated carbocycles. The zero-order valence-corrected chi connectivity index (χ0v) is 14.3. The Morgan fingerprint density at radius 1 is 0.727 bits per heavy atom. The average Bonchev–Trinajstić information content (AvgIpc) is 2.50. The summed E-state index contributed by atoms with van der Waals surface area (Å²) in [5.41, 5.74) is 1.30. The first-order valence-electron chi connectivity index (χ1n) is 7.82. The van der Waals surface area contributed by atoms with Gasteiger partial charge in [0, 0.05) is 0 Å². The van der Waals surface area contributed by atoms with Crippen molar-refractivity contribution in [2.45, 2.75) is 26.2 Å². The van der Waals surface area contributed by atoms with E-state index in [1.54, 1.807) is 0 Å². The Balaban J connectivity index is 2.00. The molecule has 4 aromatic carbocycles. The van der Waals surface area contributed by atoms with Crippen LogP contribution in [0.15, 0.2) is 54.6 Å². The van der Waals surface area contributed by atoms with E-state index in [1.807, 2.05) is 0 Å². The van der Waals surface area contributed by atoms with Gasteiger partial charge in [-0.2, -0.15) is 0 Å². The van der Waals surface area contributed by atoms with E-state index in [0.29, 0.717) is 6.61 Å². The molecule has 110 valence electrons. The van der Waals surface area contributed by atoms with E-state index in [-0.39, 0.29) is 0 Å². The highest BCUT2D eigenvalue weighted by Crippen LogP contribution is 2.36. The highest BCUT2D eigenvalue weighted by atomic mass is 28.4. The molecule has 0 aliphatic heterocycles. The second-order valence-electron chi connectivity index (χ2n) is 6.98. The summed E-state index contributed by atoms with van der Waals surface area (Å²) in [4.78, 5) is 0. The van der Waals surface area contributed by atoms with Gasteiger partial charge in [0.05, 0.1) is 6.61 Å². The van der Waals surface area contributed by atoms with E-state index < -0.39 is 8.32 Å². The topological polar surface area (TPSA) is 9.23 Å². The molecule has 0 amide bonds. The first kappa shape index (κ1) is 13.7. The van der Waals surface area contributed by atoms with Gasteiger partial charge in [0.25, 0.3) is 0 Å². The number of benzene rings is 4. The van der Waals surface area contributed by atoms with E-state index in [2.05, 4.69) is 74.2 Å². The van der Waals surface area contributed by atoms with Crippen LogP contribution in [0.3, 0.4) is 0 Å². The molecule has 1 nitrogen and oxygen atoms in total. The smallest absolute Gasteiger partial charge is 0.184 e. The van der Waals surface area contributed by atoms with Crippen LogP contribution >= 0.6 is 0 Å². The van der Waals surface area contributed by atoms with Crippen LogP contribution in [0.5, 0.6) is 0 Å². The highest BCUT2D eigenvalue weighted by Gasteiger charge is 2.16. The first-order chi connectivity index (χ1) is 10.5. The lowest BCUT2D eigenvalue weighted by atomic mass is 9.92. The van der Waals surface area contributed by atoms with Crippen LogP contribution in [0.25, 0.3) is 32.3 Å². The third-order valence-corrected chi connectivity index (χ3v) is 5.29. The molecule has 4 aromatic rings. The predicted molar refractivity (Wildman–Crippen MR) is 98.3 cm³/mol. The van der Waals surface area contributed by atoms with E-state index in [9.17, 15) is 0 Å². The molecule has 0 unspecified atom stereocenters. The van der Waals surface area contributed by atoms with Gasteiger partial charge in [0.15, 0.2) is 8.32 Å². The number of hydrogen-bond acceptors (Lipinski definition) is 1. The van der Waals surface area contributed by atoms with Gasteiger partial charge in [0.1, 0.15) is 0 Å². The maximum absolute atomic E-state index is 6.14. The minimum absolute atomic E-state index is 0.712. The Hall–Kier alpha value is -1.90. The highest BCUT2D eigenvalue weighted by molar-refractivity contribution is 6.69. The third kappa shape index (κ3) is 2.19. The minimum atomic E-state index is -1.51. The Labute approximate surface area is 132 Å². The lowest BCUT2D eigenvalue weighted by Crippen LogP contribution is -2.24. The van der Waals surface area contributed by atoms with Crippen LogP contribution in [0.1, 0.15) is 5.56 Å². The molecule has 22 heavy (non-hydrogen) atoms. The summed E-state index contributed by atoms with van der Waals surface area (Å²) in [6.07, 6.45) is 0. The summed E-state index contributed by atoms with van der Waals surface area (Å²) < 4.78 is 6.14. The Morgan fingerprint density at radius 2 is 1.32 bits per heavy atom. The van der Waals surface area contributed by atoms with Crippen LogP contribution in [0.4, 0.5) is 0 Å². The second-order valence-corrected chi connectivity index (χ2v) is 11.5. The van der Waals surface area contributed by atoms with Crippen molar-refractivity contribution in [2.75, 3.05) is 0 Å². The fourth-order valence-corrected chi connectivity index (χ4v) is 3.80. The van der Waals surface area contributed by atoms with E-state index in [0.717, 1.165) is 0 Å². The molecule has 0 heterocycles. The third-order valence-electron chi connectivity index (χ3n) is 4.28. The first-order valence-corrected chi connectivity index (χ1v) is 11.2. The molecule has 0 aliphatic rings. The van der Waals surface area contributed by atoms with Crippen LogP contribution in [0, 0.1) is 0 Å². The van der Waals surface area contributed by atoms with Gasteiger partial charge in [-0.25, -0.2) is 0 Å². The van der Waals surface area contributed by atoms with E-state index >= 15 is 0 Å². The van der Waals surface area contributed by atoms with Crippen molar-refractivity contribution >= 4 is 40.6 Å². The molecule has 4 rings (SSSR count). The Bertz CT molecular complexity index is 950. The quantitative estimate of drug-likeness (QED) is 0.336. The molecule has 0 aromatic heterocycles. The minimum Gasteiger partial charge on any atom is -0.413 e. The normalized spacial score (nSPS) is 12.7. The Kier molecular flexibility index (Phi) is 3.00. The summed E-state index contributed by atoms with van der Waals surface area (Å²) in [5.74, 6) is 0. The van der Waals surface area contributed by atoms with Crippen LogP contribution < -0.4 is 0 Å². The fraction of sp³-hybridized carbons (Fsp3) is 0.200. The standard InChI is InChI=1S/C20H20OSi/c1-22(2,3)21-13-17-10-9-16-8-7-14-5-4-6-15-11-12-18(17)20(16)19(14)15/h4-12H,13H2,1-3H3. The van der Waals surface area contributed by atoms with Crippen molar-refractivity contribution < 1.29 is 4.43 Å². The summed E-state index contributed by atoms with van der Waals surface area (Å²) in [6, 6.07) is 19.9. The van der Waals surface area contributed by atoms with Gasteiger partial charge >= 0.3 is 0 Å². The lowest BCUT2D eigenvalue weighted by Gasteiger charge is -2.19. The predicted octanol–water partition coefficient (Wildman–Crippen LogP) is 5.94. The molecule has 0 radical (unpaired) electrons. The number of rotatable bonds is 3. The molecule has 0 fully saturated rings. The van der Waals surface area contributed by atoms with Gasteiger partial charge in [-0.3, -0.25) is 0 Å². The average molecular weight is 304 g/mol.